The summed E-state index contributed by atoms with van der Waals surface area (Å²) in [5.74, 6) is 0.436. The monoisotopic (exact) mass is 309 g/mol. The molecule has 0 saturated carbocycles. The number of rotatable bonds is 2. The molecule has 0 spiro atoms. The van der Waals surface area contributed by atoms with Crippen molar-refractivity contribution in [1.29, 1.82) is 0 Å². The first-order chi connectivity index (χ1) is 8.47. The van der Waals surface area contributed by atoms with Gasteiger partial charge in [-0.3, -0.25) is 0 Å². The smallest absolute Gasteiger partial charge is 0.137 e. The minimum absolute atomic E-state index is 0.278. The van der Waals surface area contributed by atoms with Crippen molar-refractivity contribution < 1.29 is 4.39 Å². The van der Waals surface area contributed by atoms with Crippen LogP contribution in [-0.2, 0) is 0 Å². The van der Waals surface area contributed by atoms with E-state index in [0.29, 0.717) is 16.0 Å². The van der Waals surface area contributed by atoms with Gasteiger partial charge in [-0.2, -0.15) is 0 Å². The molecule has 0 amide bonds. The minimum Gasteiger partial charge on any atom is -0.397 e. The molecule has 3 nitrogen and oxygen atoms in total. The molecule has 3 N–H and O–H groups in total. The predicted molar refractivity (Wildman–Crippen MR) is 75.5 cm³/mol. The molecule has 2 rings (SSSR count). The third-order valence-corrected chi connectivity index (χ3v) is 3.23. The van der Waals surface area contributed by atoms with Gasteiger partial charge in [0, 0.05) is 5.69 Å². The fourth-order valence-corrected chi connectivity index (χ4v) is 1.98. The summed E-state index contributed by atoms with van der Waals surface area (Å²) in [7, 11) is 0. The maximum atomic E-state index is 13.3. The minimum atomic E-state index is -0.278. The summed E-state index contributed by atoms with van der Waals surface area (Å²) in [6.45, 7) is 3.75. The summed E-state index contributed by atoms with van der Waals surface area (Å²) in [4.78, 5) is 4.22. The van der Waals surface area contributed by atoms with Gasteiger partial charge < -0.3 is 11.1 Å². The summed E-state index contributed by atoms with van der Waals surface area (Å²) < 4.78 is 13.7. The van der Waals surface area contributed by atoms with E-state index < -0.39 is 0 Å². The van der Waals surface area contributed by atoms with E-state index >= 15 is 0 Å². The van der Waals surface area contributed by atoms with Crippen LogP contribution < -0.4 is 11.1 Å². The highest BCUT2D eigenvalue weighted by atomic mass is 79.9. The second-order valence-corrected chi connectivity index (χ2v) is 4.99. The Morgan fingerprint density at radius 3 is 2.61 bits per heavy atom. The molecule has 0 atom stereocenters. The van der Waals surface area contributed by atoms with E-state index in [1.807, 2.05) is 19.9 Å². The molecule has 5 heteroatoms. The molecule has 1 heterocycles. The summed E-state index contributed by atoms with van der Waals surface area (Å²) in [5.41, 5.74) is 8.83. The summed E-state index contributed by atoms with van der Waals surface area (Å²) >= 11 is 3.17. The fraction of sp³-hybridized carbons (Fsp3) is 0.154. The van der Waals surface area contributed by atoms with Crippen LogP contribution in [-0.4, -0.2) is 4.98 Å². The number of hydrogen-bond donors (Lipinski definition) is 2. The number of nitrogen functional groups attached to an aromatic ring is 1. The van der Waals surface area contributed by atoms with Crippen molar-refractivity contribution in [2.24, 2.45) is 0 Å². The maximum Gasteiger partial charge on any atom is 0.137 e. The second-order valence-electron chi connectivity index (χ2n) is 4.14. The Kier molecular flexibility index (Phi) is 3.52. The van der Waals surface area contributed by atoms with Crippen LogP contribution >= 0.6 is 15.9 Å². The normalized spacial score (nSPS) is 10.4. The highest BCUT2D eigenvalue weighted by molar-refractivity contribution is 9.10. The van der Waals surface area contributed by atoms with E-state index in [-0.39, 0.29) is 5.82 Å². The second kappa shape index (κ2) is 4.94. The van der Waals surface area contributed by atoms with Crippen LogP contribution in [0.5, 0.6) is 0 Å². The van der Waals surface area contributed by atoms with Crippen molar-refractivity contribution in [2.75, 3.05) is 11.1 Å². The van der Waals surface area contributed by atoms with E-state index in [1.165, 1.54) is 6.07 Å². The largest absolute Gasteiger partial charge is 0.397 e. The number of nitrogens with two attached hydrogens (primary N) is 1. The number of benzene rings is 1. The standard InChI is InChI=1S/C13H13BrFN3/c1-7-4-11(15)10(14)5-12(7)18-13-8(2)3-9(16)6-17-13/h3-6H,16H2,1-2H3,(H,17,18). The topological polar surface area (TPSA) is 50.9 Å². The first-order valence-electron chi connectivity index (χ1n) is 5.42. The van der Waals surface area contributed by atoms with Crippen LogP contribution in [0.15, 0.2) is 28.9 Å². The average Bonchev–Trinajstić information content (AvgIpc) is 2.29. The van der Waals surface area contributed by atoms with Gasteiger partial charge in [0.15, 0.2) is 0 Å². The number of nitrogens with one attached hydrogen (secondary N) is 1. The first-order valence-corrected chi connectivity index (χ1v) is 6.21. The van der Waals surface area contributed by atoms with Crippen molar-refractivity contribution >= 4 is 33.1 Å². The lowest BCUT2D eigenvalue weighted by atomic mass is 10.2. The summed E-state index contributed by atoms with van der Waals surface area (Å²) in [6, 6.07) is 5.00. The SMILES string of the molecule is Cc1cc(F)c(Br)cc1Nc1ncc(N)cc1C. The van der Waals surface area contributed by atoms with Crippen molar-refractivity contribution in [2.45, 2.75) is 13.8 Å². The van der Waals surface area contributed by atoms with Crippen molar-refractivity contribution in [1.82, 2.24) is 4.98 Å². The molecule has 18 heavy (non-hydrogen) atoms. The molecule has 2 aromatic rings. The Bertz CT molecular complexity index is 599. The van der Waals surface area contributed by atoms with E-state index in [2.05, 4.69) is 26.2 Å². The third kappa shape index (κ3) is 2.61. The van der Waals surface area contributed by atoms with Crippen LogP contribution in [0.2, 0.25) is 0 Å². The van der Waals surface area contributed by atoms with E-state index in [4.69, 9.17) is 5.73 Å². The van der Waals surface area contributed by atoms with E-state index in [9.17, 15) is 4.39 Å². The van der Waals surface area contributed by atoms with Gasteiger partial charge >= 0.3 is 0 Å². The van der Waals surface area contributed by atoms with Crippen molar-refractivity contribution in [3.8, 4) is 0 Å². The summed E-state index contributed by atoms with van der Waals surface area (Å²) in [5, 5.41) is 3.17. The fourth-order valence-electron chi connectivity index (χ4n) is 1.64. The van der Waals surface area contributed by atoms with Gasteiger partial charge in [-0.15, -0.1) is 0 Å². The van der Waals surface area contributed by atoms with E-state index in [0.717, 1.165) is 16.8 Å². The summed E-state index contributed by atoms with van der Waals surface area (Å²) in [6.07, 6.45) is 1.59. The van der Waals surface area contributed by atoms with Gasteiger partial charge in [0.1, 0.15) is 11.6 Å². The zero-order valence-electron chi connectivity index (χ0n) is 10.1. The number of hydrogen-bond acceptors (Lipinski definition) is 3. The molecule has 94 valence electrons. The van der Waals surface area contributed by atoms with Crippen LogP contribution in [0, 0.1) is 19.7 Å². The highest BCUT2D eigenvalue weighted by Gasteiger charge is 2.07. The molecular weight excluding hydrogens is 297 g/mol. The molecule has 0 aliphatic carbocycles. The van der Waals surface area contributed by atoms with Crippen LogP contribution in [0.1, 0.15) is 11.1 Å². The molecule has 0 fully saturated rings. The molecule has 1 aromatic carbocycles. The van der Waals surface area contributed by atoms with Gasteiger partial charge in [-0.1, -0.05) is 0 Å². The van der Waals surface area contributed by atoms with E-state index in [1.54, 1.807) is 12.3 Å². The zero-order chi connectivity index (χ0) is 13.3. The molecule has 1 aromatic heterocycles. The number of halogens is 2. The number of aromatic nitrogens is 1. The maximum absolute atomic E-state index is 13.3. The predicted octanol–water partition coefficient (Wildman–Crippen LogP) is 3.93. The van der Waals surface area contributed by atoms with Crippen molar-refractivity contribution in [3.05, 3.63) is 45.8 Å². The van der Waals surface area contributed by atoms with Crippen LogP contribution in [0.4, 0.5) is 21.6 Å². The van der Waals surface area contributed by atoms with Gasteiger partial charge in [-0.25, -0.2) is 9.37 Å². The third-order valence-electron chi connectivity index (χ3n) is 2.62. The van der Waals surface area contributed by atoms with Gasteiger partial charge in [0.05, 0.1) is 16.4 Å². The number of nitrogens with zero attached hydrogens (tertiary/aromatic N) is 1. The van der Waals surface area contributed by atoms with Gasteiger partial charge in [0.2, 0.25) is 0 Å². The molecule has 0 unspecified atom stereocenters. The van der Waals surface area contributed by atoms with Gasteiger partial charge in [-0.05, 0) is 59.1 Å². The van der Waals surface area contributed by atoms with Crippen molar-refractivity contribution in [3.63, 3.8) is 0 Å². The Balaban J connectivity index is 2.37. The molecule has 0 saturated heterocycles. The molecule has 0 bridgehead atoms. The molecular formula is C13H13BrFN3. The number of pyridine rings is 1. The molecule has 0 radical (unpaired) electrons. The quantitative estimate of drug-likeness (QED) is 0.884. The zero-order valence-corrected chi connectivity index (χ0v) is 11.7. The van der Waals surface area contributed by atoms with Crippen LogP contribution in [0.25, 0.3) is 0 Å². The molecule has 0 aliphatic heterocycles. The molecule has 0 aliphatic rings. The highest BCUT2D eigenvalue weighted by Crippen LogP contribution is 2.27. The van der Waals surface area contributed by atoms with Crippen LogP contribution in [0.3, 0.4) is 0 Å². The van der Waals surface area contributed by atoms with Gasteiger partial charge in [0.25, 0.3) is 0 Å². The average molecular weight is 310 g/mol. The Morgan fingerprint density at radius 1 is 1.22 bits per heavy atom. The Morgan fingerprint density at radius 2 is 1.94 bits per heavy atom. The Hall–Kier alpha value is -1.62. The lowest BCUT2D eigenvalue weighted by Gasteiger charge is -2.12. The lowest BCUT2D eigenvalue weighted by Crippen LogP contribution is -2.00. The number of anilines is 3. The Labute approximate surface area is 113 Å². The number of aryl methyl sites for hydroxylation is 2. The first kappa shape index (κ1) is 12.8. The lowest BCUT2D eigenvalue weighted by molar-refractivity contribution is 0.620.